The number of nitrogens with zero attached hydrogens (tertiary/aromatic N) is 3. The van der Waals surface area contributed by atoms with Gasteiger partial charge >= 0.3 is 0 Å². The van der Waals surface area contributed by atoms with Crippen LogP contribution < -0.4 is 9.80 Å². The number of carbonyl (C=O) groups is 2. The van der Waals surface area contributed by atoms with Crippen LogP contribution in [0.1, 0.15) is 24.5 Å². The second-order valence-electron chi connectivity index (χ2n) is 7.48. The van der Waals surface area contributed by atoms with Gasteiger partial charge in [0.05, 0.1) is 0 Å². The summed E-state index contributed by atoms with van der Waals surface area (Å²) < 4.78 is 13.1. The van der Waals surface area contributed by atoms with Crippen molar-refractivity contribution in [3.63, 3.8) is 0 Å². The molecule has 2 aromatic carbocycles. The predicted molar refractivity (Wildman–Crippen MR) is 114 cm³/mol. The molecule has 1 heterocycles. The van der Waals surface area contributed by atoms with Crippen molar-refractivity contribution in [2.24, 2.45) is 0 Å². The van der Waals surface area contributed by atoms with Crippen LogP contribution in [-0.4, -0.2) is 49.4 Å². The maximum Gasteiger partial charge on any atom is 0.224 e. The van der Waals surface area contributed by atoms with E-state index in [1.165, 1.54) is 40.8 Å². The molecule has 154 valence electrons. The van der Waals surface area contributed by atoms with Crippen LogP contribution in [0, 0.1) is 19.7 Å². The van der Waals surface area contributed by atoms with E-state index in [4.69, 9.17) is 0 Å². The molecule has 0 radical (unpaired) electrons. The van der Waals surface area contributed by atoms with Gasteiger partial charge < -0.3 is 14.7 Å². The highest BCUT2D eigenvalue weighted by molar-refractivity contribution is 5.92. The van der Waals surface area contributed by atoms with Gasteiger partial charge in [0.25, 0.3) is 0 Å². The average Bonchev–Trinajstić information content (AvgIpc) is 2.71. The number of carbonyl (C=O) groups excluding carboxylic acids is 2. The van der Waals surface area contributed by atoms with Crippen LogP contribution in [0.2, 0.25) is 0 Å². The Bertz CT molecular complexity index is 874. The molecule has 2 amide bonds. The molecule has 2 aromatic rings. The fourth-order valence-corrected chi connectivity index (χ4v) is 3.73. The summed E-state index contributed by atoms with van der Waals surface area (Å²) in [5, 5.41) is 0. The molecule has 0 spiro atoms. The molecule has 0 bridgehead atoms. The Morgan fingerprint density at radius 3 is 2.28 bits per heavy atom. The van der Waals surface area contributed by atoms with Gasteiger partial charge in [-0.15, -0.1) is 0 Å². The molecule has 5 nitrogen and oxygen atoms in total. The number of aryl methyl sites for hydroxylation is 1. The molecule has 0 N–H and O–H groups in total. The summed E-state index contributed by atoms with van der Waals surface area (Å²) in [6, 6.07) is 12.1. The number of anilines is 2. The minimum atomic E-state index is -0.352. The van der Waals surface area contributed by atoms with Crippen molar-refractivity contribution in [1.29, 1.82) is 0 Å². The van der Waals surface area contributed by atoms with Gasteiger partial charge in [-0.05, 0) is 55.3 Å². The zero-order valence-corrected chi connectivity index (χ0v) is 17.3. The summed E-state index contributed by atoms with van der Waals surface area (Å²) in [5.74, 6) is -0.474. The number of hydrogen-bond acceptors (Lipinski definition) is 3. The second kappa shape index (κ2) is 9.07. The smallest absolute Gasteiger partial charge is 0.224 e. The van der Waals surface area contributed by atoms with Crippen LogP contribution in [0.5, 0.6) is 0 Å². The maximum atomic E-state index is 13.1. The predicted octanol–water partition coefficient (Wildman–Crippen LogP) is 3.53. The fourth-order valence-electron chi connectivity index (χ4n) is 3.73. The summed E-state index contributed by atoms with van der Waals surface area (Å²) in [6.07, 6.45) is 0.250. The van der Waals surface area contributed by atoms with E-state index in [2.05, 4.69) is 36.9 Å². The number of rotatable bonds is 5. The van der Waals surface area contributed by atoms with E-state index < -0.39 is 0 Å². The van der Waals surface area contributed by atoms with E-state index in [-0.39, 0.29) is 30.6 Å². The van der Waals surface area contributed by atoms with Crippen molar-refractivity contribution in [3.8, 4) is 0 Å². The maximum absolute atomic E-state index is 13.1. The van der Waals surface area contributed by atoms with E-state index in [9.17, 15) is 14.0 Å². The lowest BCUT2D eigenvalue weighted by molar-refractivity contribution is -0.131. The van der Waals surface area contributed by atoms with E-state index in [0.29, 0.717) is 18.8 Å². The Morgan fingerprint density at radius 1 is 1.00 bits per heavy atom. The third-order valence-corrected chi connectivity index (χ3v) is 5.62. The van der Waals surface area contributed by atoms with E-state index in [1.807, 2.05) is 4.90 Å². The summed E-state index contributed by atoms with van der Waals surface area (Å²) in [6.45, 7) is 8.92. The highest BCUT2D eigenvalue weighted by atomic mass is 19.1. The van der Waals surface area contributed by atoms with Crippen molar-refractivity contribution in [1.82, 2.24) is 4.90 Å². The first-order valence-corrected chi connectivity index (χ1v) is 9.99. The first-order valence-electron chi connectivity index (χ1n) is 9.99. The summed E-state index contributed by atoms with van der Waals surface area (Å²) in [5.41, 5.74) is 4.39. The van der Waals surface area contributed by atoms with Crippen LogP contribution in [0.25, 0.3) is 0 Å². The van der Waals surface area contributed by atoms with Crippen molar-refractivity contribution in [3.05, 3.63) is 59.4 Å². The van der Waals surface area contributed by atoms with Crippen molar-refractivity contribution >= 4 is 23.2 Å². The van der Waals surface area contributed by atoms with Gasteiger partial charge in [0.15, 0.2) is 0 Å². The number of amides is 2. The van der Waals surface area contributed by atoms with Crippen molar-refractivity contribution in [2.75, 3.05) is 42.5 Å². The Labute approximate surface area is 171 Å². The van der Waals surface area contributed by atoms with Gasteiger partial charge in [-0.25, -0.2) is 4.39 Å². The molecule has 0 unspecified atom stereocenters. The van der Waals surface area contributed by atoms with Gasteiger partial charge in [-0.1, -0.05) is 12.1 Å². The topological polar surface area (TPSA) is 43.9 Å². The molecule has 0 aromatic heterocycles. The van der Waals surface area contributed by atoms with E-state index in [0.717, 1.165) is 13.1 Å². The van der Waals surface area contributed by atoms with Gasteiger partial charge in [-0.3, -0.25) is 9.59 Å². The van der Waals surface area contributed by atoms with E-state index in [1.54, 1.807) is 12.1 Å². The Hall–Kier alpha value is -2.89. The number of halogens is 1. The zero-order chi connectivity index (χ0) is 21.0. The summed E-state index contributed by atoms with van der Waals surface area (Å²) in [4.78, 5) is 30.4. The molecule has 1 fully saturated rings. The molecule has 1 aliphatic rings. The SMILES string of the molecule is CC(=O)N(CCC(=O)N1CCN(c2cccc(C)c2C)CC1)c1ccc(F)cc1. The van der Waals surface area contributed by atoms with Crippen molar-refractivity contribution < 1.29 is 14.0 Å². The highest BCUT2D eigenvalue weighted by Gasteiger charge is 2.23. The molecule has 0 saturated carbocycles. The molecular weight excluding hydrogens is 369 g/mol. The molecule has 6 heteroatoms. The minimum absolute atomic E-state index is 0.0407. The lowest BCUT2D eigenvalue weighted by Crippen LogP contribution is -2.49. The zero-order valence-electron chi connectivity index (χ0n) is 17.3. The molecule has 1 aliphatic heterocycles. The lowest BCUT2D eigenvalue weighted by Gasteiger charge is -2.37. The molecule has 0 atom stereocenters. The Kier molecular flexibility index (Phi) is 6.52. The molecule has 3 rings (SSSR count). The first-order chi connectivity index (χ1) is 13.9. The van der Waals surface area contributed by atoms with Crippen molar-refractivity contribution in [2.45, 2.75) is 27.2 Å². The van der Waals surface area contributed by atoms with Gasteiger partial charge in [0.1, 0.15) is 5.82 Å². The fraction of sp³-hybridized carbons (Fsp3) is 0.391. The summed E-state index contributed by atoms with van der Waals surface area (Å²) >= 11 is 0. The Balaban J connectivity index is 1.56. The molecule has 0 aliphatic carbocycles. The number of piperazine rings is 1. The largest absolute Gasteiger partial charge is 0.368 e. The van der Waals surface area contributed by atoms with Crippen LogP contribution >= 0.6 is 0 Å². The standard InChI is InChI=1S/C23H28FN3O2/c1-17-5-4-6-22(18(17)2)25-13-15-26(16-14-25)23(29)11-12-27(19(3)28)21-9-7-20(24)8-10-21/h4-10H,11-16H2,1-3H3. The van der Waals surface area contributed by atoms with Crippen LogP contribution in [0.15, 0.2) is 42.5 Å². The second-order valence-corrected chi connectivity index (χ2v) is 7.48. The highest BCUT2D eigenvalue weighted by Crippen LogP contribution is 2.24. The third-order valence-electron chi connectivity index (χ3n) is 5.62. The van der Waals surface area contributed by atoms with Gasteiger partial charge in [0, 0.05) is 57.4 Å². The van der Waals surface area contributed by atoms with Crippen LogP contribution in [0.3, 0.4) is 0 Å². The Morgan fingerprint density at radius 2 is 1.66 bits per heavy atom. The molecule has 29 heavy (non-hydrogen) atoms. The lowest BCUT2D eigenvalue weighted by atomic mass is 10.1. The number of benzene rings is 2. The molecule has 1 saturated heterocycles. The molecular formula is C23H28FN3O2. The normalized spacial score (nSPS) is 14.1. The van der Waals surface area contributed by atoms with Gasteiger partial charge in [0.2, 0.25) is 11.8 Å². The van der Waals surface area contributed by atoms with E-state index >= 15 is 0 Å². The number of hydrogen-bond donors (Lipinski definition) is 0. The van der Waals surface area contributed by atoms with Crippen LogP contribution in [-0.2, 0) is 9.59 Å². The average molecular weight is 397 g/mol. The quantitative estimate of drug-likeness (QED) is 0.775. The third kappa shape index (κ3) is 4.94. The van der Waals surface area contributed by atoms with Crippen LogP contribution in [0.4, 0.5) is 15.8 Å². The summed E-state index contributed by atoms with van der Waals surface area (Å²) in [7, 11) is 0. The van der Waals surface area contributed by atoms with Gasteiger partial charge in [-0.2, -0.15) is 0 Å². The minimum Gasteiger partial charge on any atom is -0.368 e. The first kappa shape index (κ1) is 20.8. The monoisotopic (exact) mass is 397 g/mol.